The quantitative estimate of drug-likeness (QED) is 0.160. The molecule has 2 saturated heterocycles. The molecule has 8 rings (SSSR count). The Hall–Kier alpha value is -3.60. The van der Waals surface area contributed by atoms with E-state index in [0.29, 0.717) is 36.3 Å². The minimum absolute atomic E-state index is 0.00719. The highest BCUT2D eigenvalue weighted by Gasteiger charge is 2.53. The summed E-state index contributed by atoms with van der Waals surface area (Å²) in [6.07, 6.45) is 8.09. The fourth-order valence-electron chi connectivity index (χ4n) is 8.27. The largest absolute Gasteiger partial charge is 0.400 e. The van der Waals surface area contributed by atoms with E-state index >= 15 is 0 Å². The van der Waals surface area contributed by atoms with Crippen LogP contribution in [-0.4, -0.2) is 71.4 Å². The summed E-state index contributed by atoms with van der Waals surface area (Å²) < 4.78 is 15.7. The third-order valence-corrected chi connectivity index (χ3v) is 16.5. The first-order valence-electron chi connectivity index (χ1n) is 18.1. The monoisotopic (exact) mass is 706 g/mol. The Morgan fingerprint density at radius 2 is 1.58 bits per heavy atom. The second-order valence-electron chi connectivity index (χ2n) is 15.3. The number of ether oxygens (including phenoxy) is 1. The van der Waals surface area contributed by atoms with Gasteiger partial charge >= 0.3 is 0 Å². The molecule has 2 aliphatic heterocycles. The number of benzene rings is 3. The van der Waals surface area contributed by atoms with Crippen LogP contribution in [0.3, 0.4) is 0 Å². The number of rotatable bonds is 9. The van der Waals surface area contributed by atoms with Gasteiger partial charge in [-0.05, 0) is 90.3 Å². The maximum atomic E-state index is 7.60. The van der Waals surface area contributed by atoms with Gasteiger partial charge in [-0.1, -0.05) is 93.0 Å². The van der Waals surface area contributed by atoms with Gasteiger partial charge in [-0.2, -0.15) is 5.10 Å². The maximum Gasteiger partial charge on any atom is 0.261 e. The molecule has 1 aliphatic carbocycles. The van der Waals surface area contributed by atoms with E-state index in [1.165, 1.54) is 21.5 Å². The van der Waals surface area contributed by atoms with Gasteiger partial charge in [0.15, 0.2) is 5.15 Å². The molecule has 0 spiro atoms. The Labute approximate surface area is 301 Å². The molecule has 10 heteroatoms. The molecule has 260 valence electrons. The summed E-state index contributed by atoms with van der Waals surface area (Å²) in [5.41, 5.74) is 4.36. The molecule has 0 radical (unpaired) electrons. The van der Waals surface area contributed by atoms with E-state index in [-0.39, 0.29) is 17.2 Å². The van der Waals surface area contributed by atoms with Crippen LogP contribution in [0, 0.1) is 6.92 Å². The van der Waals surface area contributed by atoms with E-state index in [1.54, 1.807) is 6.20 Å². The number of piperidine rings is 1. The molecule has 2 aromatic heterocycles. The van der Waals surface area contributed by atoms with Gasteiger partial charge in [-0.25, -0.2) is 14.6 Å². The molecule has 1 saturated carbocycles. The summed E-state index contributed by atoms with van der Waals surface area (Å²) in [5.74, 6) is 0.999. The van der Waals surface area contributed by atoms with Crippen LogP contribution in [0.15, 0.2) is 85.2 Å². The van der Waals surface area contributed by atoms with Gasteiger partial charge in [0.2, 0.25) is 5.95 Å². The van der Waals surface area contributed by atoms with Crippen LogP contribution in [0.2, 0.25) is 10.2 Å². The lowest BCUT2D eigenvalue weighted by Gasteiger charge is -2.46. The van der Waals surface area contributed by atoms with Crippen LogP contribution in [0.5, 0.6) is 0 Å². The lowest BCUT2D eigenvalue weighted by molar-refractivity contribution is 0.0747. The van der Waals surface area contributed by atoms with Crippen LogP contribution in [0.25, 0.3) is 10.9 Å². The SMILES string of the molecule is Cc1cc2cnc(Nc3cnn(C4CC4)c3Cl)nc2cc1C1CCN([C@@H]2COC[C@@H]2O[Si](c2ccccc2)(c2ccccc2)C(C)(C)C)CC1. The third kappa shape index (κ3) is 6.28. The number of aromatic nitrogens is 4. The van der Waals surface area contributed by atoms with E-state index < -0.39 is 8.32 Å². The number of hydrogen-bond donors (Lipinski definition) is 1. The van der Waals surface area contributed by atoms with E-state index in [0.717, 1.165) is 55.4 Å². The Bertz CT molecular complexity index is 1910. The molecular formula is C40H47ClN6O2Si. The smallest absolute Gasteiger partial charge is 0.261 e. The standard InChI is InChI=1S/C40H47ClN6O2Si/c1-27-21-29-23-42-39(45-35-24-43-47(38(35)41)30-15-16-30)44-34(29)22-33(27)28-17-19-46(20-18-28)36-25-48-26-37(36)49-50(40(2,3)4,31-11-7-5-8-12-31)32-13-9-6-10-14-32/h5-14,21-24,28,30,36-37H,15-20,25-26H2,1-4H3,(H,42,44,45)/t36-,37+/m1/s1. The Morgan fingerprint density at radius 1 is 0.900 bits per heavy atom. The summed E-state index contributed by atoms with van der Waals surface area (Å²) >= 11 is 6.61. The first-order valence-corrected chi connectivity index (χ1v) is 20.4. The van der Waals surface area contributed by atoms with Crippen molar-refractivity contribution in [2.45, 2.75) is 82.5 Å². The average Bonchev–Trinajstić information content (AvgIpc) is 3.75. The first-order chi connectivity index (χ1) is 24.2. The molecule has 3 aliphatic rings. The zero-order valence-electron chi connectivity index (χ0n) is 29.5. The van der Waals surface area contributed by atoms with Gasteiger partial charge in [0.25, 0.3) is 8.32 Å². The molecule has 0 amide bonds. The third-order valence-electron chi connectivity index (χ3n) is 11.0. The Morgan fingerprint density at radius 3 is 2.22 bits per heavy atom. The molecule has 4 heterocycles. The number of likely N-dealkylation sites (tertiary alicyclic amines) is 1. The molecule has 5 aromatic rings. The molecule has 0 bridgehead atoms. The summed E-state index contributed by atoms with van der Waals surface area (Å²) in [7, 11) is -2.69. The van der Waals surface area contributed by atoms with E-state index in [4.69, 9.17) is 25.7 Å². The van der Waals surface area contributed by atoms with Crippen LogP contribution >= 0.6 is 11.6 Å². The molecule has 8 nitrogen and oxygen atoms in total. The predicted octanol–water partition coefficient (Wildman–Crippen LogP) is 7.39. The second-order valence-corrected chi connectivity index (χ2v) is 20.0. The van der Waals surface area contributed by atoms with E-state index in [2.05, 4.69) is 121 Å². The molecule has 1 N–H and O–H groups in total. The molecular weight excluding hydrogens is 660 g/mol. The van der Waals surface area contributed by atoms with Crippen molar-refractivity contribution in [1.29, 1.82) is 0 Å². The second kappa shape index (κ2) is 13.5. The van der Waals surface area contributed by atoms with Crippen LogP contribution in [0.1, 0.15) is 69.5 Å². The number of aryl methyl sites for hydroxylation is 1. The van der Waals surface area contributed by atoms with Crippen LogP contribution in [-0.2, 0) is 9.16 Å². The maximum absolute atomic E-state index is 7.60. The Balaban J connectivity index is 0.997. The zero-order valence-corrected chi connectivity index (χ0v) is 31.2. The molecule has 0 unspecified atom stereocenters. The highest BCUT2D eigenvalue weighted by Crippen LogP contribution is 2.41. The fraction of sp³-hybridized carbons (Fsp3) is 0.425. The normalized spacial score (nSPS) is 20.8. The van der Waals surface area contributed by atoms with Crippen molar-refractivity contribution in [3.63, 3.8) is 0 Å². The topological polar surface area (TPSA) is 77.3 Å². The van der Waals surface area contributed by atoms with E-state index in [1.807, 2.05) is 10.9 Å². The van der Waals surface area contributed by atoms with Gasteiger partial charge in [0.1, 0.15) is 0 Å². The summed E-state index contributed by atoms with van der Waals surface area (Å²) in [4.78, 5) is 12.1. The number of anilines is 2. The van der Waals surface area contributed by atoms with Gasteiger partial charge < -0.3 is 14.5 Å². The molecule has 50 heavy (non-hydrogen) atoms. The zero-order chi connectivity index (χ0) is 34.5. The molecule has 3 aromatic carbocycles. The van der Waals surface area contributed by atoms with Crippen LogP contribution < -0.4 is 15.7 Å². The predicted molar refractivity (Wildman–Crippen MR) is 204 cm³/mol. The van der Waals surface area contributed by atoms with Crippen molar-refractivity contribution in [1.82, 2.24) is 24.6 Å². The lowest BCUT2D eigenvalue weighted by Crippen LogP contribution is -2.69. The van der Waals surface area contributed by atoms with Crippen molar-refractivity contribution < 1.29 is 9.16 Å². The highest BCUT2D eigenvalue weighted by molar-refractivity contribution is 6.99. The van der Waals surface area contributed by atoms with Crippen molar-refractivity contribution in [2.24, 2.45) is 0 Å². The molecule has 2 atom stereocenters. The number of nitrogens with zero attached hydrogens (tertiary/aromatic N) is 5. The van der Waals surface area contributed by atoms with Gasteiger partial charge in [0, 0.05) is 11.6 Å². The van der Waals surface area contributed by atoms with Gasteiger partial charge in [-0.3, -0.25) is 4.90 Å². The lowest BCUT2D eigenvalue weighted by atomic mass is 9.85. The van der Waals surface area contributed by atoms with Crippen molar-refractivity contribution in [3.8, 4) is 0 Å². The number of hydrogen-bond acceptors (Lipinski definition) is 7. The van der Waals surface area contributed by atoms with Crippen molar-refractivity contribution in [2.75, 3.05) is 31.6 Å². The van der Waals surface area contributed by atoms with Gasteiger partial charge in [0.05, 0.1) is 48.8 Å². The van der Waals surface area contributed by atoms with E-state index in [9.17, 15) is 0 Å². The summed E-state index contributed by atoms with van der Waals surface area (Å²) in [6, 6.07) is 27.1. The average molecular weight is 707 g/mol. The van der Waals surface area contributed by atoms with Crippen molar-refractivity contribution >= 4 is 52.8 Å². The first kappa shape index (κ1) is 33.5. The number of fused-ring (bicyclic) bond motifs is 1. The van der Waals surface area contributed by atoms with Crippen LogP contribution in [0.4, 0.5) is 11.6 Å². The Kier molecular flexibility index (Phi) is 9.06. The summed E-state index contributed by atoms with van der Waals surface area (Å²) in [5, 5.41) is 12.0. The number of nitrogens with one attached hydrogen (secondary N) is 1. The van der Waals surface area contributed by atoms with Gasteiger partial charge in [-0.15, -0.1) is 0 Å². The van der Waals surface area contributed by atoms with Crippen molar-refractivity contribution in [3.05, 3.63) is 101 Å². The molecule has 3 fully saturated rings. The number of halogens is 1. The fourth-order valence-corrected chi connectivity index (χ4v) is 13.2. The minimum Gasteiger partial charge on any atom is -0.400 e. The summed E-state index contributed by atoms with van der Waals surface area (Å²) in [6.45, 7) is 12.6. The minimum atomic E-state index is -2.69. The highest BCUT2D eigenvalue weighted by atomic mass is 35.5.